The largest absolute Gasteiger partial charge is 0.496 e. The minimum absolute atomic E-state index is 0.0465. The minimum Gasteiger partial charge on any atom is -0.399 e. The summed E-state index contributed by atoms with van der Waals surface area (Å²) < 4.78 is 53.0. The van der Waals surface area contributed by atoms with Crippen LogP contribution in [0.15, 0.2) is 36.8 Å². The number of rotatable bonds is 4. The van der Waals surface area contributed by atoms with E-state index in [4.69, 9.17) is 15.0 Å². The van der Waals surface area contributed by atoms with Crippen molar-refractivity contribution >= 4 is 29.6 Å². The van der Waals surface area contributed by atoms with Gasteiger partial charge in [-0.3, -0.25) is 0 Å². The predicted octanol–water partition coefficient (Wildman–Crippen LogP) is 3.24. The molecule has 7 nitrogen and oxygen atoms in total. The molecular formula is C20H23BF3N5O2. The van der Waals surface area contributed by atoms with Gasteiger partial charge in [0.15, 0.2) is 5.82 Å². The van der Waals surface area contributed by atoms with Crippen LogP contribution in [0, 0.1) is 0 Å². The number of hydrogen-bond acceptors (Lipinski definition) is 6. The normalized spacial score (nSPS) is 18.0. The number of nitrogens with two attached hydrogens (primary N) is 1. The van der Waals surface area contributed by atoms with Gasteiger partial charge in [0.25, 0.3) is 0 Å². The summed E-state index contributed by atoms with van der Waals surface area (Å²) in [6.07, 6.45) is -1.32. The average molecular weight is 433 g/mol. The highest BCUT2D eigenvalue weighted by Gasteiger charge is 2.52. The van der Waals surface area contributed by atoms with E-state index < -0.39 is 30.1 Å². The van der Waals surface area contributed by atoms with Gasteiger partial charge in [0.05, 0.1) is 16.8 Å². The van der Waals surface area contributed by atoms with Gasteiger partial charge in [-0.15, -0.1) is 0 Å². The van der Waals surface area contributed by atoms with Crippen molar-refractivity contribution in [2.45, 2.75) is 51.6 Å². The smallest absolute Gasteiger partial charge is 0.399 e. The van der Waals surface area contributed by atoms with Crippen LogP contribution in [-0.2, 0) is 22.0 Å². The third-order valence-corrected chi connectivity index (χ3v) is 5.75. The van der Waals surface area contributed by atoms with E-state index in [-0.39, 0.29) is 12.2 Å². The van der Waals surface area contributed by atoms with E-state index in [0.717, 1.165) is 17.6 Å². The van der Waals surface area contributed by atoms with Crippen LogP contribution in [0.4, 0.5) is 24.7 Å². The standard InChI is InChI=1S/C20H23BF3N5O2/c1-18(2)19(3,4)31-21(30-18)14-8-16-17(27-11-28-29(16)10-14)26-9-12-5-13(20(22,23)24)7-15(25)6-12/h5-8,10-11H,9,25H2,1-4H3,(H,26,27,28). The number of nitrogen functional groups attached to an aromatic ring is 1. The molecular weight excluding hydrogens is 410 g/mol. The molecule has 0 unspecified atom stereocenters. The molecule has 0 radical (unpaired) electrons. The maximum absolute atomic E-state index is 13.1. The van der Waals surface area contributed by atoms with Crippen molar-refractivity contribution in [1.29, 1.82) is 0 Å². The van der Waals surface area contributed by atoms with Crippen molar-refractivity contribution in [3.63, 3.8) is 0 Å². The Labute approximate surface area is 177 Å². The quantitative estimate of drug-likeness (QED) is 0.486. The van der Waals surface area contributed by atoms with Crippen molar-refractivity contribution in [3.05, 3.63) is 47.9 Å². The first-order chi connectivity index (χ1) is 14.4. The average Bonchev–Trinajstić information content (AvgIpc) is 3.17. The summed E-state index contributed by atoms with van der Waals surface area (Å²) in [5.74, 6) is 0.466. The third-order valence-electron chi connectivity index (χ3n) is 5.75. The molecule has 0 atom stereocenters. The predicted molar refractivity (Wildman–Crippen MR) is 112 cm³/mol. The molecule has 1 aliphatic heterocycles. The second-order valence-electron chi connectivity index (χ2n) is 8.61. The van der Waals surface area contributed by atoms with E-state index in [9.17, 15) is 13.2 Å². The second-order valence-corrected chi connectivity index (χ2v) is 8.61. The Kier molecular flexibility index (Phi) is 4.93. The zero-order valence-corrected chi connectivity index (χ0v) is 17.6. The molecule has 0 saturated carbocycles. The molecule has 164 valence electrons. The fraction of sp³-hybridized carbons (Fsp3) is 0.400. The highest BCUT2D eigenvalue weighted by molar-refractivity contribution is 6.62. The van der Waals surface area contributed by atoms with Crippen LogP contribution >= 0.6 is 0 Å². The van der Waals surface area contributed by atoms with Crippen LogP contribution in [0.1, 0.15) is 38.8 Å². The molecule has 1 fully saturated rings. The van der Waals surface area contributed by atoms with Crippen molar-refractivity contribution < 1.29 is 22.5 Å². The summed E-state index contributed by atoms with van der Waals surface area (Å²) in [7, 11) is -0.567. The van der Waals surface area contributed by atoms with E-state index in [1.807, 2.05) is 33.8 Å². The SMILES string of the molecule is CC1(C)OB(c2cc3c(NCc4cc(N)cc(C(F)(F)F)c4)ncnn3c2)OC1(C)C. The molecule has 2 aromatic heterocycles. The first-order valence-corrected chi connectivity index (χ1v) is 9.75. The molecule has 0 bridgehead atoms. The fourth-order valence-electron chi connectivity index (χ4n) is 3.36. The Hall–Kier alpha value is -2.79. The molecule has 1 aliphatic rings. The third kappa shape index (κ3) is 4.07. The summed E-state index contributed by atoms with van der Waals surface area (Å²) in [6, 6.07) is 5.31. The van der Waals surface area contributed by atoms with Gasteiger partial charge < -0.3 is 20.4 Å². The zero-order chi connectivity index (χ0) is 22.6. The fourth-order valence-corrected chi connectivity index (χ4v) is 3.36. The molecule has 1 aromatic carbocycles. The lowest BCUT2D eigenvalue weighted by atomic mass is 9.81. The van der Waals surface area contributed by atoms with Crippen molar-refractivity contribution in [3.8, 4) is 0 Å². The Balaban J connectivity index is 1.58. The van der Waals surface area contributed by atoms with Crippen molar-refractivity contribution in [2.24, 2.45) is 0 Å². The number of fused-ring (bicyclic) bond motifs is 1. The van der Waals surface area contributed by atoms with E-state index in [2.05, 4.69) is 15.4 Å². The van der Waals surface area contributed by atoms with Gasteiger partial charge in [0.2, 0.25) is 0 Å². The lowest BCUT2D eigenvalue weighted by Gasteiger charge is -2.32. The molecule has 3 aromatic rings. The summed E-state index contributed by atoms with van der Waals surface area (Å²) in [5.41, 5.74) is 5.74. The van der Waals surface area contributed by atoms with Crippen LogP contribution in [0.25, 0.3) is 5.52 Å². The van der Waals surface area contributed by atoms with Crippen LogP contribution < -0.4 is 16.5 Å². The highest BCUT2D eigenvalue weighted by Crippen LogP contribution is 2.36. The number of aromatic nitrogens is 3. The number of alkyl halides is 3. The summed E-state index contributed by atoms with van der Waals surface area (Å²) >= 11 is 0. The van der Waals surface area contributed by atoms with E-state index >= 15 is 0 Å². The molecule has 11 heteroatoms. The summed E-state index contributed by atoms with van der Waals surface area (Å²) in [6.45, 7) is 7.98. The van der Waals surface area contributed by atoms with Crippen molar-refractivity contribution in [2.75, 3.05) is 11.1 Å². The first-order valence-electron chi connectivity index (χ1n) is 9.75. The summed E-state index contributed by atoms with van der Waals surface area (Å²) in [5, 5.41) is 7.28. The maximum atomic E-state index is 13.1. The lowest BCUT2D eigenvalue weighted by molar-refractivity contribution is -0.137. The molecule has 0 spiro atoms. The first kappa shape index (κ1) is 21.4. The number of hydrogen-bond donors (Lipinski definition) is 2. The maximum Gasteiger partial charge on any atom is 0.496 e. The monoisotopic (exact) mass is 433 g/mol. The second kappa shape index (κ2) is 7.13. The van der Waals surface area contributed by atoms with Crippen LogP contribution in [-0.4, -0.2) is 32.9 Å². The van der Waals surface area contributed by atoms with E-state index in [0.29, 0.717) is 16.9 Å². The molecule has 1 saturated heterocycles. The minimum atomic E-state index is -4.47. The van der Waals surface area contributed by atoms with E-state index in [1.165, 1.54) is 12.4 Å². The Morgan fingerprint density at radius 2 is 1.77 bits per heavy atom. The number of anilines is 2. The van der Waals surface area contributed by atoms with Gasteiger partial charge in [0.1, 0.15) is 11.8 Å². The lowest BCUT2D eigenvalue weighted by Crippen LogP contribution is -2.41. The number of nitrogens with zero attached hydrogens (tertiary/aromatic N) is 3. The molecule has 0 amide bonds. The van der Waals surface area contributed by atoms with Gasteiger partial charge in [-0.2, -0.15) is 18.3 Å². The molecule has 4 rings (SSSR count). The van der Waals surface area contributed by atoms with Crippen LogP contribution in [0.5, 0.6) is 0 Å². The topological polar surface area (TPSA) is 86.7 Å². The number of nitrogens with one attached hydrogen (secondary N) is 1. The van der Waals surface area contributed by atoms with Crippen LogP contribution in [0.2, 0.25) is 0 Å². The number of benzene rings is 1. The van der Waals surface area contributed by atoms with Crippen molar-refractivity contribution in [1.82, 2.24) is 14.6 Å². The Morgan fingerprint density at radius 1 is 1.10 bits per heavy atom. The van der Waals surface area contributed by atoms with E-state index in [1.54, 1.807) is 10.7 Å². The highest BCUT2D eigenvalue weighted by atomic mass is 19.4. The Morgan fingerprint density at radius 3 is 2.42 bits per heavy atom. The molecule has 3 heterocycles. The summed E-state index contributed by atoms with van der Waals surface area (Å²) in [4.78, 5) is 4.23. The van der Waals surface area contributed by atoms with Gasteiger partial charge in [-0.1, -0.05) is 0 Å². The zero-order valence-electron chi connectivity index (χ0n) is 17.6. The van der Waals surface area contributed by atoms with Crippen LogP contribution in [0.3, 0.4) is 0 Å². The van der Waals surface area contributed by atoms with Gasteiger partial charge in [-0.25, -0.2) is 9.50 Å². The molecule has 0 aliphatic carbocycles. The van der Waals surface area contributed by atoms with Gasteiger partial charge in [-0.05, 0) is 57.5 Å². The van der Waals surface area contributed by atoms with Gasteiger partial charge >= 0.3 is 13.3 Å². The van der Waals surface area contributed by atoms with Gasteiger partial charge in [0, 0.05) is 23.9 Å². The molecule has 3 N–H and O–H groups in total. The molecule has 31 heavy (non-hydrogen) atoms. The number of halogens is 3. The Bertz CT molecular complexity index is 1110.